The number of furan rings is 1. The van der Waals surface area contributed by atoms with Crippen molar-refractivity contribution < 1.29 is 24.0 Å². The molecule has 0 aromatic carbocycles. The average Bonchev–Trinajstić information content (AvgIpc) is 3.52. The Kier molecular flexibility index (Phi) is 5.23. The molecule has 0 saturated carbocycles. The third-order valence-electron chi connectivity index (χ3n) is 6.89. The summed E-state index contributed by atoms with van der Waals surface area (Å²) in [6, 6.07) is 6.41. The number of fused-ring (bicyclic) bond motifs is 1. The first kappa shape index (κ1) is 21.0. The molecule has 9 nitrogen and oxygen atoms in total. The van der Waals surface area contributed by atoms with Crippen molar-refractivity contribution in [1.29, 1.82) is 0 Å². The number of thiophene rings is 1. The van der Waals surface area contributed by atoms with Crippen molar-refractivity contribution in [3.63, 3.8) is 0 Å². The predicted octanol–water partition coefficient (Wildman–Crippen LogP) is 2.73. The third-order valence-corrected chi connectivity index (χ3v) is 7.83. The molecule has 1 aliphatic carbocycles. The molecule has 6 rings (SSSR count). The number of piperidine rings is 1. The molecule has 2 aromatic heterocycles. The van der Waals surface area contributed by atoms with Crippen molar-refractivity contribution in [2.24, 2.45) is 17.8 Å². The highest BCUT2D eigenvalue weighted by atomic mass is 32.1. The number of imide groups is 1. The standard InChI is InChI=1S/C22H23N3O6S/c1-23-21(27)18-14-10-12(4-2-8-26)17(19(18)22(23)28)20(15-5-3-9-32-15)24(14)11-13-6-7-16(31-13)25(29)30/h3,5-7,9-10,14,17-20,26H,2,4,8,11H2,1H3. The highest BCUT2D eigenvalue weighted by molar-refractivity contribution is 7.10. The minimum atomic E-state index is -0.570. The second-order valence-corrected chi connectivity index (χ2v) is 9.48. The first-order valence-corrected chi connectivity index (χ1v) is 11.5. The summed E-state index contributed by atoms with van der Waals surface area (Å²) in [6.45, 7) is 0.342. The van der Waals surface area contributed by atoms with E-state index in [-0.39, 0.29) is 48.9 Å². The lowest BCUT2D eigenvalue weighted by atomic mass is 9.62. The van der Waals surface area contributed by atoms with Gasteiger partial charge in [-0.05, 0) is 30.4 Å². The second-order valence-electron chi connectivity index (χ2n) is 8.50. The van der Waals surface area contributed by atoms with Gasteiger partial charge in [0.2, 0.25) is 11.8 Å². The van der Waals surface area contributed by atoms with E-state index in [9.17, 15) is 24.8 Å². The van der Waals surface area contributed by atoms with Gasteiger partial charge in [-0.2, -0.15) is 0 Å². The second kappa shape index (κ2) is 7.95. The fourth-order valence-electron chi connectivity index (χ4n) is 5.62. The summed E-state index contributed by atoms with van der Waals surface area (Å²) in [5.41, 5.74) is 1.10. The summed E-state index contributed by atoms with van der Waals surface area (Å²) >= 11 is 1.59. The molecule has 0 radical (unpaired) electrons. The van der Waals surface area contributed by atoms with Gasteiger partial charge in [0.05, 0.1) is 30.5 Å². The molecule has 4 aliphatic rings. The molecule has 1 N–H and O–H groups in total. The number of hydrogen-bond acceptors (Lipinski definition) is 8. The number of amides is 2. The maximum absolute atomic E-state index is 13.1. The number of nitrogens with zero attached hydrogens (tertiary/aromatic N) is 3. The van der Waals surface area contributed by atoms with Crippen LogP contribution in [-0.2, 0) is 16.1 Å². The molecule has 2 fully saturated rings. The van der Waals surface area contributed by atoms with Crippen molar-refractivity contribution in [2.75, 3.05) is 13.7 Å². The lowest BCUT2D eigenvalue weighted by molar-refractivity contribution is -0.402. The Labute approximate surface area is 188 Å². The molecule has 168 valence electrons. The van der Waals surface area contributed by atoms with Crippen LogP contribution < -0.4 is 0 Å². The van der Waals surface area contributed by atoms with E-state index in [1.807, 2.05) is 17.5 Å². The lowest BCUT2D eigenvalue weighted by Gasteiger charge is -2.54. The van der Waals surface area contributed by atoms with Crippen molar-refractivity contribution in [3.8, 4) is 0 Å². The molecular weight excluding hydrogens is 434 g/mol. The highest BCUT2D eigenvalue weighted by Crippen LogP contribution is 2.57. The molecule has 2 amide bonds. The number of nitro groups is 1. The first-order chi connectivity index (χ1) is 15.4. The topological polar surface area (TPSA) is 117 Å². The molecule has 2 bridgehead atoms. The SMILES string of the molecule is CN1C(=O)C2C(C1=O)C1C=C(CCCO)C2C(c2cccs2)N1Cc1ccc([N+](=O)[O-])o1. The fraction of sp³-hybridized carbons (Fsp3) is 0.455. The fourth-order valence-corrected chi connectivity index (χ4v) is 6.52. The maximum Gasteiger partial charge on any atom is 0.433 e. The first-order valence-electron chi connectivity index (χ1n) is 10.6. The van der Waals surface area contributed by atoms with Crippen LogP contribution in [0.3, 0.4) is 0 Å². The monoisotopic (exact) mass is 457 g/mol. The van der Waals surface area contributed by atoms with Gasteiger partial charge in [-0.25, -0.2) is 0 Å². The molecule has 5 unspecified atom stereocenters. The molecule has 2 saturated heterocycles. The summed E-state index contributed by atoms with van der Waals surface area (Å²) in [5, 5.41) is 22.5. The Morgan fingerprint density at radius 1 is 1.19 bits per heavy atom. The normalized spacial score (nSPS) is 29.5. The molecule has 0 spiro atoms. The molecule has 32 heavy (non-hydrogen) atoms. The van der Waals surface area contributed by atoms with Gasteiger partial charge in [0.15, 0.2) is 0 Å². The predicted molar refractivity (Wildman–Crippen MR) is 114 cm³/mol. The summed E-state index contributed by atoms with van der Waals surface area (Å²) in [5.74, 6) is -1.35. The quantitative estimate of drug-likeness (QED) is 0.294. The van der Waals surface area contributed by atoms with Gasteiger partial charge in [-0.3, -0.25) is 29.5 Å². The van der Waals surface area contributed by atoms with Crippen LogP contribution in [0.25, 0.3) is 0 Å². The number of rotatable bonds is 7. The van der Waals surface area contributed by atoms with Crippen molar-refractivity contribution in [2.45, 2.75) is 31.5 Å². The number of carbonyl (C=O) groups is 2. The van der Waals surface area contributed by atoms with Crippen LogP contribution in [0.1, 0.15) is 29.5 Å². The van der Waals surface area contributed by atoms with Crippen molar-refractivity contribution in [3.05, 3.63) is 62.0 Å². The number of aliphatic hydroxyl groups excluding tert-OH is 1. The zero-order valence-electron chi connectivity index (χ0n) is 17.4. The molecule has 5 heterocycles. The average molecular weight is 458 g/mol. The van der Waals surface area contributed by atoms with Crippen LogP contribution in [0.5, 0.6) is 0 Å². The highest BCUT2D eigenvalue weighted by Gasteiger charge is 2.63. The molecule has 3 aliphatic heterocycles. The summed E-state index contributed by atoms with van der Waals surface area (Å²) < 4.78 is 5.44. The van der Waals surface area contributed by atoms with E-state index in [1.165, 1.54) is 18.0 Å². The van der Waals surface area contributed by atoms with E-state index in [2.05, 4.69) is 11.0 Å². The van der Waals surface area contributed by atoms with E-state index in [4.69, 9.17) is 4.42 Å². The minimum absolute atomic E-state index is 0.0546. The smallest absolute Gasteiger partial charge is 0.404 e. The van der Waals surface area contributed by atoms with Crippen LogP contribution >= 0.6 is 11.3 Å². The summed E-state index contributed by atoms with van der Waals surface area (Å²) in [7, 11) is 1.54. The van der Waals surface area contributed by atoms with E-state index >= 15 is 0 Å². The van der Waals surface area contributed by atoms with Crippen molar-refractivity contribution >= 4 is 29.0 Å². The minimum Gasteiger partial charge on any atom is -0.404 e. The third kappa shape index (κ3) is 3.13. The molecular formula is C22H23N3O6S. The van der Waals surface area contributed by atoms with Gasteiger partial charge in [0.25, 0.3) is 0 Å². The van der Waals surface area contributed by atoms with Crippen LogP contribution in [0.2, 0.25) is 0 Å². The summed E-state index contributed by atoms with van der Waals surface area (Å²) in [6.07, 6.45) is 3.33. The van der Waals surface area contributed by atoms with Crippen LogP contribution in [-0.4, -0.2) is 51.3 Å². The Morgan fingerprint density at radius 2 is 1.97 bits per heavy atom. The Morgan fingerprint density at radius 3 is 2.62 bits per heavy atom. The van der Waals surface area contributed by atoms with E-state index in [1.54, 1.807) is 17.4 Å². The Balaban J connectivity index is 1.60. The number of hydrogen-bond donors (Lipinski definition) is 1. The molecule has 10 heteroatoms. The molecule has 5 atom stereocenters. The van der Waals surface area contributed by atoms with E-state index < -0.39 is 16.8 Å². The Hall–Kier alpha value is -2.82. The van der Waals surface area contributed by atoms with Gasteiger partial charge in [0, 0.05) is 30.5 Å². The largest absolute Gasteiger partial charge is 0.433 e. The zero-order valence-corrected chi connectivity index (χ0v) is 18.2. The van der Waals surface area contributed by atoms with Crippen LogP contribution in [0.15, 0.2) is 45.7 Å². The Bertz CT molecular complexity index is 1090. The van der Waals surface area contributed by atoms with E-state index in [0.717, 1.165) is 10.5 Å². The lowest BCUT2D eigenvalue weighted by Crippen LogP contribution is -2.58. The van der Waals surface area contributed by atoms with E-state index in [0.29, 0.717) is 18.6 Å². The number of carbonyl (C=O) groups excluding carboxylic acids is 2. The van der Waals surface area contributed by atoms with Gasteiger partial charge in [-0.15, -0.1) is 11.3 Å². The van der Waals surface area contributed by atoms with Gasteiger partial charge in [0.1, 0.15) is 10.7 Å². The van der Waals surface area contributed by atoms with Gasteiger partial charge >= 0.3 is 5.88 Å². The zero-order chi connectivity index (χ0) is 22.6. The number of aliphatic hydroxyl groups is 1. The summed E-state index contributed by atoms with van der Waals surface area (Å²) in [4.78, 5) is 41.1. The van der Waals surface area contributed by atoms with Gasteiger partial charge in [-0.1, -0.05) is 17.7 Å². The number of likely N-dealkylation sites (tertiary alicyclic amines) is 1. The van der Waals surface area contributed by atoms with Crippen LogP contribution in [0.4, 0.5) is 5.88 Å². The maximum atomic E-state index is 13.1. The van der Waals surface area contributed by atoms with Gasteiger partial charge < -0.3 is 9.52 Å². The molecule has 2 aromatic rings. The van der Waals surface area contributed by atoms with Crippen molar-refractivity contribution in [1.82, 2.24) is 9.80 Å². The van der Waals surface area contributed by atoms with Crippen LogP contribution in [0, 0.1) is 27.9 Å².